The topological polar surface area (TPSA) is 101 Å². The van der Waals surface area contributed by atoms with Crippen molar-refractivity contribution in [3.8, 4) is 0 Å². The number of nitrogens with one attached hydrogen (secondary N) is 2. The fourth-order valence-corrected chi connectivity index (χ4v) is 2.08. The number of imidazole rings is 1. The first kappa shape index (κ1) is 12.5. The van der Waals surface area contributed by atoms with Crippen molar-refractivity contribution in [2.24, 2.45) is 0 Å². The number of hydrogen-bond acceptors (Lipinski definition) is 5. The smallest absolute Gasteiger partial charge is 0.277 e. The summed E-state index contributed by atoms with van der Waals surface area (Å²) in [6.45, 7) is 1.93. The number of amides is 1. The number of halogens is 1. The number of carbonyl (C=O) groups is 1. The molecular formula is C11H10ClN7O. The summed E-state index contributed by atoms with van der Waals surface area (Å²) in [6, 6.07) is 3.40. The number of aromatic amines is 1. The van der Waals surface area contributed by atoms with Gasteiger partial charge in [-0.15, -0.1) is 5.10 Å². The molecule has 0 bridgehead atoms. The Morgan fingerprint density at radius 2 is 2.40 bits per heavy atom. The van der Waals surface area contributed by atoms with Crippen molar-refractivity contribution in [2.75, 3.05) is 5.32 Å². The van der Waals surface area contributed by atoms with E-state index in [0.717, 1.165) is 0 Å². The Bertz CT molecular complexity index is 765. The largest absolute Gasteiger partial charge is 0.295 e. The van der Waals surface area contributed by atoms with E-state index in [4.69, 9.17) is 11.6 Å². The highest BCUT2D eigenvalue weighted by Gasteiger charge is 2.19. The Morgan fingerprint density at radius 3 is 3.10 bits per heavy atom. The number of carbonyl (C=O) groups excluding carboxylic acids is 1. The van der Waals surface area contributed by atoms with Gasteiger partial charge in [0, 0.05) is 17.3 Å². The van der Waals surface area contributed by atoms with Gasteiger partial charge in [-0.3, -0.25) is 14.5 Å². The van der Waals surface area contributed by atoms with Gasteiger partial charge in [0.25, 0.3) is 11.9 Å². The second-order valence-corrected chi connectivity index (χ2v) is 4.46. The van der Waals surface area contributed by atoms with Crippen molar-refractivity contribution in [2.45, 2.75) is 13.3 Å². The molecule has 0 saturated heterocycles. The molecule has 0 aliphatic rings. The third-order valence-electron chi connectivity index (χ3n) is 2.78. The summed E-state index contributed by atoms with van der Waals surface area (Å²) in [5, 5.41) is 16.1. The van der Waals surface area contributed by atoms with Gasteiger partial charge in [0.15, 0.2) is 0 Å². The van der Waals surface area contributed by atoms with Crippen LogP contribution in [0, 0.1) is 0 Å². The van der Waals surface area contributed by atoms with Crippen LogP contribution < -0.4 is 5.32 Å². The van der Waals surface area contributed by atoms with Crippen LogP contribution in [0.3, 0.4) is 0 Å². The molecule has 0 radical (unpaired) electrons. The number of hydrogen-bond donors (Lipinski definition) is 2. The molecule has 3 heterocycles. The maximum Gasteiger partial charge on any atom is 0.277 e. The van der Waals surface area contributed by atoms with Crippen LogP contribution in [-0.2, 0) is 6.42 Å². The van der Waals surface area contributed by atoms with E-state index in [1.165, 1.54) is 0 Å². The third kappa shape index (κ3) is 2.10. The molecule has 3 aromatic heterocycles. The number of aryl methyl sites for hydroxylation is 1. The van der Waals surface area contributed by atoms with Crippen LogP contribution in [0.2, 0.25) is 5.02 Å². The molecule has 0 aliphatic heterocycles. The average Bonchev–Trinajstić information content (AvgIpc) is 3.04. The van der Waals surface area contributed by atoms with E-state index in [1.54, 1.807) is 22.7 Å². The summed E-state index contributed by atoms with van der Waals surface area (Å²) < 4.78 is 1.68. The lowest BCUT2D eigenvalue weighted by Gasteiger charge is -2.03. The van der Waals surface area contributed by atoms with Crippen LogP contribution in [0.15, 0.2) is 18.3 Å². The zero-order valence-electron chi connectivity index (χ0n) is 10.5. The Morgan fingerprint density at radius 1 is 1.55 bits per heavy atom. The lowest BCUT2D eigenvalue weighted by Crippen LogP contribution is -2.17. The molecule has 3 rings (SSSR count). The molecular weight excluding hydrogens is 282 g/mol. The summed E-state index contributed by atoms with van der Waals surface area (Å²) in [7, 11) is 0. The van der Waals surface area contributed by atoms with Crippen molar-refractivity contribution in [1.82, 2.24) is 30.0 Å². The molecule has 2 N–H and O–H groups in total. The normalized spacial score (nSPS) is 10.9. The van der Waals surface area contributed by atoms with E-state index >= 15 is 0 Å². The summed E-state index contributed by atoms with van der Waals surface area (Å²) in [5.41, 5.74) is 1.73. The van der Waals surface area contributed by atoms with E-state index in [2.05, 4.69) is 30.9 Å². The minimum absolute atomic E-state index is 0.112. The zero-order chi connectivity index (χ0) is 14.1. The fourth-order valence-electron chi connectivity index (χ4n) is 1.93. The molecule has 0 fully saturated rings. The standard InChI is InChI=1S/C11H10ClN7O/c1-2-7-9(10(20)14-11-15-17-18-16-11)19-4-3-6(12)5-8(19)13-7/h3-5H,2H2,1H3,(H2,14,15,16,17,18,20). The molecule has 0 atom stereocenters. The van der Waals surface area contributed by atoms with Gasteiger partial charge >= 0.3 is 0 Å². The van der Waals surface area contributed by atoms with E-state index < -0.39 is 0 Å². The Labute approximate surface area is 118 Å². The van der Waals surface area contributed by atoms with Gasteiger partial charge in [-0.25, -0.2) is 4.98 Å². The van der Waals surface area contributed by atoms with E-state index in [1.807, 2.05) is 6.92 Å². The Kier molecular flexibility index (Phi) is 3.07. The molecule has 0 saturated carbocycles. The van der Waals surface area contributed by atoms with Crippen molar-refractivity contribution in [1.29, 1.82) is 0 Å². The van der Waals surface area contributed by atoms with Crippen LogP contribution in [0.5, 0.6) is 0 Å². The van der Waals surface area contributed by atoms with Crippen LogP contribution in [0.1, 0.15) is 23.1 Å². The number of H-pyrrole nitrogens is 1. The second-order valence-electron chi connectivity index (χ2n) is 4.02. The molecule has 0 spiro atoms. The molecule has 9 heteroatoms. The van der Waals surface area contributed by atoms with Crippen molar-refractivity contribution < 1.29 is 4.79 Å². The average molecular weight is 292 g/mol. The van der Waals surface area contributed by atoms with Gasteiger partial charge in [0.05, 0.1) is 5.69 Å². The number of rotatable bonds is 3. The van der Waals surface area contributed by atoms with Crippen LogP contribution >= 0.6 is 11.6 Å². The molecule has 20 heavy (non-hydrogen) atoms. The van der Waals surface area contributed by atoms with Gasteiger partial charge in [-0.05, 0) is 17.7 Å². The van der Waals surface area contributed by atoms with Crippen molar-refractivity contribution in [3.05, 3.63) is 34.7 Å². The quantitative estimate of drug-likeness (QED) is 0.758. The minimum Gasteiger partial charge on any atom is -0.295 e. The molecule has 102 valence electrons. The van der Waals surface area contributed by atoms with Gasteiger partial charge in [0.2, 0.25) is 0 Å². The van der Waals surface area contributed by atoms with Crippen LogP contribution in [0.25, 0.3) is 5.65 Å². The molecule has 1 amide bonds. The zero-order valence-corrected chi connectivity index (χ0v) is 11.2. The number of tetrazole rings is 1. The molecule has 0 unspecified atom stereocenters. The van der Waals surface area contributed by atoms with Crippen LogP contribution in [0.4, 0.5) is 5.95 Å². The lowest BCUT2D eigenvalue weighted by molar-refractivity contribution is 0.101. The lowest BCUT2D eigenvalue weighted by atomic mass is 10.2. The highest BCUT2D eigenvalue weighted by molar-refractivity contribution is 6.30. The molecule has 0 aliphatic carbocycles. The third-order valence-corrected chi connectivity index (χ3v) is 3.02. The summed E-state index contributed by atoms with van der Waals surface area (Å²) in [4.78, 5) is 16.7. The first-order valence-electron chi connectivity index (χ1n) is 5.90. The number of pyridine rings is 1. The second kappa shape index (κ2) is 4.89. The Hall–Kier alpha value is -2.48. The fraction of sp³-hybridized carbons (Fsp3) is 0.182. The summed E-state index contributed by atoms with van der Waals surface area (Å²) in [6.07, 6.45) is 2.32. The minimum atomic E-state index is -0.349. The monoisotopic (exact) mass is 291 g/mol. The van der Waals surface area contributed by atoms with E-state index in [0.29, 0.717) is 28.5 Å². The first-order valence-corrected chi connectivity index (χ1v) is 6.28. The van der Waals surface area contributed by atoms with Gasteiger partial charge < -0.3 is 0 Å². The van der Waals surface area contributed by atoms with Crippen molar-refractivity contribution >= 4 is 29.1 Å². The highest BCUT2D eigenvalue weighted by atomic mass is 35.5. The van der Waals surface area contributed by atoms with Crippen LogP contribution in [-0.4, -0.2) is 35.9 Å². The maximum atomic E-state index is 12.3. The predicted molar refractivity (Wildman–Crippen MR) is 71.7 cm³/mol. The molecule has 8 nitrogen and oxygen atoms in total. The number of nitrogens with zero attached hydrogens (tertiary/aromatic N) is 5. The molecule has 0 aromatic carbocycles. The number of aromatic nitrogens is 6. The van der Waals surface area contributed by atoms with E-state index in [-0.39, 0.29) is 11.9 Å². The van der Waals surface area contributed by atoms with Gasteiger partial charge in [0.1, 0.15) is 11.3 Å². The Balaban J connectivity index is 2.07. The highest BCUT2D eigenvalue weighted by Crippen LogP contribution is 2.18. The summed E-state index contributed by atoms with van der Waals surface area (Å²) in [5.74, 6) is -0.237. The maximum absolute atomic E-state index is 12.3. The van der Waals surface area contributed by atoms with Gasteiger partial charge in [-0.1, -0.05) is 23.6 Å². The first-order chi connectivity index (χ1) is 9.69. The number of fused-ring (bicyclic) bond motifs is 1. The summed E-state index contributed by atoms with van der Waals surface area (Å²) >= 11 is 5.93. The van der Waals surface area contributed by atoms with E-state index in [9.17, 15) is 4.79 Å². The molecule has 3 aromatic rings. The number of anilines is 1. The van der Waals surface area contributed by atoms with Gasteiger partial charge in [-0.2, -0.15) is 5.21 Å². The SMILES string of the molecule is CCc1nc2cc(Cl)ccn2c1C(=O)Nc1nn[nH]n1. The predicted octanol–water partition coefficient (Wildman–Crippen LogP) is 1.32. The van der Waals surface area contributed by atoms with Crippen molar-refractivity contribution in [3.63, 3.8) is 0 Å².